The van der Waals surface area contributed by atoms with Gasteiger partial charge in [-0.2, -0.15) is 0 Å². The van der Waals surface area contributed by atoms with E-state index in [0.717, 1.165) is 0 Å². The zero-order chi connectivity index (χ0) is 6.78. The van der Waals surface area contributed by atoms with Gasteiger partial charge in [-0.25, -0.2) is 0 Å². The number of aliphatic hydroxyl groups is 2. The van der Waals surface area contributed by atoms with Gasteiger partial charge in [0.2, 0.25) is 10.8 Å². The third-order valence-electron chi connectivity index (χ3n) is 0.794. The fourth-order valence-electron chi connectivity index (χ4n) is 0.0873. The van der Waals surface area contributed by atoms with Crippen molar-refractivity contribution in [2.24, 2.45) is 0 Å². The van der Waals surface area contributed by atoms with Crippen LogP contribution in [0.4, 0.5) is 0 Å². The maximum Gasteiger partial charge on any atom is 0.233 e. The smallest absolute Gasteiger partial charge is 0.233 e. The molecule has 0 spiro atoms. The fraction of sp³-hybridized carbons (Fsp3) is 0.750. The third kappa shape index (κ3) is 1.73. The van der Waals surface area contributed by atoms with E-state index in [-0.39, 0.29) is 0 Å². The van der Waals surface area contributed by atoms with E-state index in [2.05, 4.69) is 17.0 Å². The van der Waals surface area contributed by atoms with Crippen LogP contribution in [0, 0.1) is 0 Å². The highest BCUT2D eigenvalue weighted by molar-refractivity contribution is 7.80. The summed E-state index contributed by atoms with van der Waals surface area (Å²) in [6.45, 7) is 1.26. The summed E-state index contributed by atoms with van der Waals surface area (Å²) in [5, 5.41) is 16.7. The standard InChI is InChI=1S/C4H8O3S/c1-4(6,7-2)3(5)8/h6H,1-2H3,(H,5,8). The largest absolute Gasteiger partial charge is 0.498 e. The molecular formula is C4H8O3S. The highest BCUT2D eigenvalue weighted by Crippen LogP contribution is 2.03. The molecule has 0 bridgehead atoms. The van der Waals surface area contributed by atoms with Crippen molar-refractivity contribution in [1.29, 1.82) is 0 Å². The van der Waals surface area contributed by atoms with Gasteiger partial charge in [0, 0.05) is 7.11 Å². The Labute approximate surface area is 52.9 Å². The molecule has 0 fully saturated rings. The molecule has 0 amide bonds. The summed E-state index contributed by atoms with van der Waals surface area (Å²) in [5.41, 5.74) is 0. The van der Waals surface area contributed by atoms with Crippen molar-refractivity contribution < 1.29 is 14.9 Å². The van der Waals surface area contributed by atoms with E-state index in [0.29, 0.717) is 0 Å². The van der Waals surface area contributed by atoms with Crippen LogP contribution in [0.15, 0.2) is 0 Å². The van der Waals surface area contributed by atoms with Gasteiger partial charge in [0.1, 0.15) is 0 Å². The number of thiocarbonyl (C=S) groups is 1. The van der Waals surface area contributed by atoms with Gasteiger partial charge in [-0.3, -0.25) is 0 Å². The summed E-state index contributed by atoms with van der Waals surface area (Å²) in [6, 6.07) is 0. The first-order valence-corrected chi connectivity index (χ1v) is 2.42. The molecule has 0 aliphatic rings. The Morgan fingerprint density at radius 1 is 1.75 bits per heavy atom. The molecule has 48 valence electrons. The summed E-state index contributed by atoms with van der Waals surface area (Å²) < 4.78 is 4.36. The average Bonchev–Trinajstić information content (AvgIpc) is 1.67. The number of hydrogen-bond acceptors (Lipinski definition) is 3. The normalized spacial score (nSPS) is 17.4. The molecule has 8 heavy (non-hydrogen) atoms. The Kier molecular flexibility index (Phi) is 2.33. The Hall–Kier alpha value is -0.190. The number of rotatable bonds is 2. The van der Waals surface area contributed by atoms with E-state index in [9.17, 15) is 0 Å². The first kappa shape index (κ1) is 7.81. The lowest BCUT2D eigenvalue weighted by molar-refractivity contribution is -0.121. The van der Waals surface area contributed by atoms with E-state index in [1.165, 1.54) is 14.0 Å². The summed E-state index contributed by atoms with van der Waals surface area (Å²) in [6.07, 6.45) is 0. The second kappa shape index (κ2) is 2.39. The minimum Gasteiger partial charge on any atom is -0.498 e. The van der Waals surface area contributed by atoms with Gasteiger partial charge in [-0.1, -0.05) is 0 Å². The predicted molar refractivity (Wildman–Crippen MR) is 32.9 cm³/mol. The Balaban J connectivity index is 3.91. The lowest BCUT2D eigenvalue weighted by atomic mass is 10.4. The van der Waals surface area contributed by atoms with Gasteiger partial charge in [-0.15, -0.1) is 0 Å². The van der Waals surface area contributed by atoms with Crippen molar-refractivity contribution in [1.82, 2.24) is 0 Å². The summed E-state index contributed by atoms with van der Waals surface area (Å²) in [7, 11) is 1.25. The molecule has 4 heteroatoms. The Morgan fingerprint density at radius 3 is 2.12 bits per heavy atom. The first-order valence-electron chi connectivity index (χ1n) is 2.01. The number of ether oxygens (including phenoxy) is 1. The van der Waals surface area contributed by atoms with Crippen molar-refractivity contribution in [2.45, 2.75) is 12.7 Å². The van der Waals surface area contributed by atoms with Crippen LogP contribution in [0.25, 0.3) is 0 Å². The monoisotopic (exact) mass is 136 g/mol. The Bertz CT molecular complexity index is 99.5. The molecule has 0 aliphatic carbocycles. The van der Waals surface area contributed by atoms with E-state index in [4.69, 9.17) is 10.2 Å². The topological polar surface area (TPSA) is 49.7 Å². The molecule has 0 rings (SSSR count). The van der Waals surface area contributed by atoms with Gasteiger partial charge in [0.05, 0.1) is 0 Å². The van der Waals surface area contributed by atoms with Gasteiger partial charge < -0.3 is 14.9 Å². The molecule has 3 nitrogen and oxygen atoms in total. The lowest BCUT2D eigenvalue weighted by Crippen LogP contribution is -2.35. The molecule has 0 radical (unpaired) electrons. The van der Waals surface area contributed by atoms with Crippen LogP contribution in [-0.2, 0) is 4.74 Å². The average molecular weight is 136 g/mol. The van der Waals surface area contributed by atoms with E-state index in [1.54, 1.807) is 0 Å². The molecule has 2 N–H and O–H groups in total. The Morgan fingerprint density at radius 2 is 2.12 bits per heavy atom. The first-order chi connectivity index (χ1) is 3.50. The van der Waals surface area contributed by atoms with Crippen molar-refractivity contribution in [3.63, 3.8) is 0 Å². The van der Waals surface area contributed by atoms with Crippen LogP contribution in [0.1, 0.15) is 6.92 Å². The van der Waals surface area contributed by atoms with Crippen LogP contribution < -0.4 is 0 Å². The maximum absolute atomic E-state index is 8.79. The molecule has 0 saturated carbocycles. The zero-order valence-corrected chi connectivity index (χ0v) is 5.53. The van der Waals surface area contributed by atoms with E-state index < -0.39 is 10.8 Å². The maximum atomic E-state index is 8.79. The lowest BCUT2D eigenvalue weighted by Gasteiger charge is -2.16. The molecule has 0 saturated heterocycles. The van der Waals surface area contributed by atoms with Crippen molar-refractivity contribution in [3.05, 3.63) is 0 Å². The minimum atomic E-state index is -1.67. The van der Waals surface area contributed by atoms with E-state index >= 15 is 0 Å². The molecule has 1 unspecified atom stereocenters. The quantitative estimate of drug-likeness (QED) is 0.421. The van der Waals surface area contributed by atoms with Crippen molar-refractivity contribution in [2.75, 3.05) is 7.11 Å². The summed E-state index contributed by atoms with van der Waals surface area (Å²) in [4.78, 5) is 0. The highest BCUT2D eigenvalue weighted by atomic mass is 32.1. The molecule has 0 aliphatic heterocycles. The van der Waals surface area contributed by atoms with Crippen LogP contribution in [-0.4, -0.2) is 28.2 Å². The van der Waals surface area contributed by atoms with Crippen molar-refractivity contribution in [3.8, 4) is 0 Å². The van der Waals surface area contributed by atoms with Gasteiger partial charge in [0.15, 0.2) is 0 Å². The minimum absolute atomic E-state index is 0.556. The molecular weight excluding hydrogens is 128 g/mol. The number of methoxy groups -OCH3 is 1. The summed E-state index contributed by atoms with van der Waals surface area (Å²) >= 11 is 4.21. The van der Waals surface area contributed by atoms with Crippen LogP contribution in [0.2, 0.25) is 0 Å². The van der Waals surface area contributed by atoms with Crippen LogP contribution >= 0.6 is 12.2 Å². The molecule has 0 heterocycles. The third-order valence-corrected chi connectivity index (χ3v) is 1.17. The molecule has 0 aromatic rings. The van der Waals surface area contributed by atoms with Crippen molar-refractivity contribution >= 4 is 17.3 Å². The van der Waals surface area contributed by atoms with Crippen LogP contribution in [0.3, 0.4) is 0 Å². The number of aliphatic hydroxyl groups excluding tert-OH is 1. The second-order valence-electron chi connectivity index (χ2n) is 1.49. The van der Waals surface area contributed by atoms with Gasteiger partial charge >= 0.3 is 0 Å². The van der Waals surface area contributed by atoms with Gasteiger partial charge in [-0.05, 0) is 19.1 Å². The molecule has 0 aromatic carbocycles. The van der Waals surface area contributed by atoms with Gasteiger partial charge in [0.25, 0.3) is 0 Å². The molecule has 1 atom stereocenters. The molecule has 0 aromatic heterocycles. The zero-order valence-electron chi connectivity index (χ0n) is 4.71. The summed E-state index contributed by atoms with van der Waals surface area (Å²) in [5.74, 6) is -1.67. The highest BCUT2D eigenvalue weighted by Gasteiger charge is 2.24. The second-order valence-corrected chi connectivity index (χ2v) is 1.88. The van der Waals surface area contributed by atoms with E-state index in [1.807, 2.05) is 0 Å². The predicted octanol–water partition coefficient (Wildman–Crippen LogP) is 0.227. The van der Waals surface area contributed by atoms with Crippen LogP contribution in [0.5, 0.6) is 0 Å². The fourth-order valence-corrected chi connectivity index (χ4v) is 0.171. The number of hydrogen-bond donors (Lipinski definition) is 2. The SMILES string of the molecule is COC(C)(O)C(O)=S.